The Hall–Kier alpha value is -2.18. The fraction of sp³-hybridized carbons (Fsp3) is 0.333. The third kappa shape index (κ3) is 5.91. The van der Waals surface area contributed by atoms with Gasteiger partial charge in [-0.2, -0.15) is 0 Å². The van der Waals surface area contributed by atoms with Gasteiger partial charge in [0.1, 0.15) is 0 Å². The molecule has 0 saturated carbocycles. The molecule has 0 aliphatic carbocycles. The number of amides is 2. The molecule has 2 aromatic carbocycles. The molecule has 0 radical (unpaired) electrons. The summed E-state index contributed by atoms with van der Waals surface area (Å²) in [5, 5.41) is 8.81. The number of rotatable bonds is 7. The average molecular weight is 432 g/mol. The molecular weight excluding hydrogens is 406 g/mol. The van der Waals surface area contributed by atoms with Crippen molar-refractivity contribution in [1.82, 2.24) is 10.6 Å². The van der Waals surface area contributed by atoms with Gasteiger partial charge in [0.25, 0.3) is 0 Å². The molecule has 6 heteroatoms. The second-order valence-electron chi connectivity index (χ2n) is 6.66. The van der Waals surface area contributed by atoms with E-state index >= 15 is 0 Å². The smallest absolute Gasteiger partial charge is 0.243 e. The van der Waals surface area contributed by atoms with Crippen LogP contribution in [0.15, 0.2) is 46.9 Å². The van der Waals surface area contributed by atoms with Gasteiger partial charge in [-0.25, -0.2) is 0 Å². The van der Waals surface area contributed by atoms with E-state index in [9.17, 15) is 9.59 Å². The molecule has 144 valence electrons. The highest BCUT2D eigenvalue weighted by molar-refractivity contribution is 9.10. The van der Waals surface area contributed by atoms with Crippen LogP contribution in [-0.4, -0.2) is 24.4 Å². The molecule has 0 aromatic heterocycles. The first-order chi connectivity index (χ1) is 12.8. The fourth-order valence-corrected chi connectivity index (χ4v) is 3.51. The Morgan fingerprint density at radius 2 is 1.63 bits per heavy atom. The standard InChI is InChI=1S/C21H26BrN3O2/c1-13-8-7-9-14(2)20(13)25-19(26)12-23-21(27)16(4)24-15(3)17-10-5-6-11-18(17)22/h5-11,15-16,24H,12H2,1-4H3,(H,23,27)(H,25,26). The number of benzene rings is 2. The lowest BCUT2D eigenvalue weighted by atomic mass is 10.1. The summed E-state index contributed by atoms with van der Waals surface area (Å²) in [6, 6.07) is 13.3. The number of carbonyl (C=O) groups is 2. The van der Waals surface area contributed by atoms with Crippen LogP contribution in [0.4, 0.5) is 5.69 Å². The van der Waals surface area contributed by atoms with Gasteiger partial charge in [0.15, 0.2) is 0 Å². The number of aryl methyl sites for hydroxylation is 2. The normalized spacial score (nSPS) is 12.9. The third-order valence-electron chi connectivity index (χ3n) is 4.43. The fourth-order valence-electron chi connectivity index (χ4n) is 2.88. The second-order valence-corrected chi connectivity index (χ2v) is 7.52. The van der Waals surface area contributed by atoms with E-state index in [1.54, 1.807) is 6.92 Å². The Morgan fingerprint density at radius 3 is 2.26 bits per heavy atom. The van der Waals surface area contributed by atoms with Crippen LogP contribution in [-0.2, 0) is 9.59 Å². The summed E-state index contributed by atoms with van der Waals surface area (Å²) in [5.74, 6) is -0.461. The quantitative estimate of drug-likeness (QED) is 0.623. The van der Waals surface area contributed by atoms with Gasteiger partial charge < -0.3 is 10.6 Å². The molecule has 0 heterocycles. The number of hydrogen-bond acceptors (Lipinski definition) is 3. The Morgan fingerprint density at radius 1 is 1.00 bits per heavy atom. The van der Waals surface area contributed by atoms with E-state index < -0.39 is 6.04 Å². The molecule has 0 aliphatic heterocycles. The minimum atomic E-state index is -0.430. The summed E-state index contributed by atoms with van der Waals surface area (Å²) in [6.07, 6.45) is 0. The van der Waals surface area contributed by atoms with Crippen LogP contribution in [0.25, 0.3) is 0 Å². The molecule has 5 nitrogen and oxygen atoms in total. The Labute approximate surface area is 169 Å². The van der Waals surface area contributed by atoms with Gasteiger partial charge in [-0.3, -0.25) is 14.9 Å². The van der Waals surface area contributed by atoms with Crippen molar-refractivity contribution in [2.45, 2.75) is 39.8 Å². The minimum Gasteiger partial charge on any atom is -0.346 e. The maximum atomic E-state index is 12.3. The molecule has 0 bridgehead atoms. The molecule has 3 N–H and O–H groups in total. The lowest BCUT2D eigenvalue weighted by Crippen LogP contribution is -2.45. The van der Waals surface area contributed by atoms with Crippen molar-refractivity contribution in [3.63, 3.8) is 0 Å². The number of para-hydroxylation sites is 1. The summed E-state index contributed by atoms with van der Waals surface area (Å²) >= 11 is 3.52. The highest BCUT2D eigenvalue weighted by atomic mass is 79.9. The van der Waals surface area contributed by atoms with E-state index in [4.69, 9.17) is 0 Å². The zero-order chi connectivity index (χ0) is 20.0. The highest BCUT2D eigenvalue weighted by Gasteiger charge is 2.18. The summed E-state index contributed by atoms with van der Waals surface area (Å²) in [7, 11) is 0. The summed E-state index contributed by atoms with van der Waals surface area (Å²) < 4.78 is 0.991. The molecule has 2 atom stereocenters. The molecule has 0 aliphatic rings. The molecule has 0 saturated heterocycles. The Balaban J connectivity index is 1.86. The van der Waals surface area contributed by atoms with Crippen LogP contribution in [0.3, 0.4) is 0 Å². The van der Waals surface area contributed by atoms with Crippen molar-refractivity contribution < 1.29 is 9.59 Å². The van der Waals surface area contributed by atoms with Crippen molar-refractivity contribution in [3.8, 4) is 0 Å². The number of halogens is 1. The summed E-state index contributed by atoms with van der Waals surface area (Å²) in [6.45, 7) is 7.60. The van der Waals surface area contributed by atoms with Gasteiger partial charge >= 0.3 is 0 Å². The van der Waals surface area contributed by atoms with E-state index in [0.29, 0.717) is 0 Å². The molecule has 2 aromatic rings. The van der Waals surface area contributed by atoms with Gasteiger partial charge in [0.2, 0.25) is 11.8 Å². The van der Waals surface area contributed by atoms with Crippen LogP contribution >= 0.6 is 15.9 Å². The lowest BCUT2D eigenvalue weighted by Gasteiger charge is -2.21. The largest absolute Gasteiger partial charge is 0.346 e. The predicted molar refractivity (Wildman–Crippen MR) is 113 cm³/mol. The molecule has 0 spiro atoms. The van der Waals surface area contributed by atoms with Gasteiger partial charge in [0.05, 0.1) is 12.6 Å². The highest BCUT2D eigenvalue weighted by Crippen LogP contribution is 2.23. The number of carbonyl (C=O) groups excluding carboxylic acids is 2. The predicted octanol–water partition coefficient (Wildman–Crippen LogP) is 3.86. The van der Waals surface area contributed by atoms with E-state index in [0.717, 1.165) is 26.9 Å². The zero-order valence-corrected chi connectivity index (χ0v) is 17.7. The first kappa shape index (κ1) is 21.1. The average Bonchev–Trinajstić information content (AvgIpc) is 2.63. The third-order valence-corrected chi connectivity index (χ3v) is 5.16. The topological polar surface area (TPSA) is 70.2 Å². The summed E-state index contributed by atoms with van der Waals surface area (Å²) in [4.78, 5) is 24.5. The minimum absolute atomic E-state index is 0.00947. The van der Waals surface area contributed by atoms with Gasteiger partial charge in [-0.1, -0.05) is 52.3 Å². The molecular formula is C21H26BrN3O2. The first-order valence-corrected chi connectivity index (χ1v) is 9.73. The monoisotopic (exact) mass is 431 g/mol. The van der Waals surface area contributed by atoms with Crippen LogP contribution in [0.5, 0.6) is 0 Å². The molecule has 0 fully saturated rings. The van der Waals surface area contributed by atoms with Crippen molar-refractivity contribution >= 4 is 33.4 Å². The summed E-state index contributed by atoms with van der Waals surface area (Å²) in [5.41, 5.74) is 3.86. The molecule has 2 unspecified atom stereocenters. The van der Waals surface area contributed by atoms with Gasteiger partial charge in [0, 0.05) is 16.2 Å². The van der Waals surface area contributed by atoms with Crippen molar-refractivity contribution in [3.05, 3.63) is 63.6 Å². The first-order valence-electron chi connectivity index (χ1n) is 8.94. The van der Waals surface area contributed by atoms with Crippen LogP contribution in [0, 0.1) is 13.8 Å². The second kappa shape index (κ2) is 9.67. The Kier molecular flexibility index (Phi) is 7.56. The van der Waals surface area contributed by atoms with Gasteiger partial charge in [-0.15, -0.1) is 0 Å². The molecule has 2 amide bonds. The number of nitrogens with one attached hydrogen (secondary N) is 3. The maximum Gasteiger partial charge on any atom is 0.243 e. The SMILES string of the molecule is Cc1cccc(C)c1NC(=O)CNC(=O)C(C)NC(C)c1ccccc1Br. The molecule has 2 rings (SSSR count). The van der Waals surface area contributed by atoms with E-state index in [2.05, 4.69) is 31.9 Å². The Bertz CT molecular complexity index is 803. The van der Waals surface area contributed by atoms with Gasteiger partial charge in [-0.05, 0) is 50.5 Å². The number of anilines is 1. The lowest BCUT2D eigenvalue weighted by molar-refractivity contribution is -0.125. The van der Waals surface area contributed by atoms with Crippen LogP contribution < -0.4 is 16.0 Å². The van der Waals surface area contributed by atoms with E-state index in [1.807, 2.05) is 63.2 Å². The van der Waals surface area contributed by atoms with Crippen molar-refractivity contribution in [2.75, 3.05) is 11.9 Å². The van der Waals surface area contributed by atoms with Crippen molar-refractivity contribution in [1.29, 1.82) is 0 Å². The van der Waals surface area contributed by atoms with Crippen LogP contribution in [0.2, 0.25) is 0 Å². The van der Waals surface area contributed by atoms with Crippen molar-refractivity contribution in [2.24, 2.45) is 0 Å². The maximum absolute atomic E-state index is 12.3. The molecule has 27 heavy (non-hydrogen) atoms. The van der Waals surface area contributed by atoms with E-state index in [-0.39, 0.29) is 24.4 Å². The van der Waals surface area contributed by atoms with Crippen LogP contribution in [0.1, 0.15) is 36.6 Å². The van der Waals surface area contributed by atoms with E-state index in [1.165, 1.54) is 0 Å². The number of hydrogen-bond donors (Lipinski definition) is 3. The zero-order valence-electron chi connectivity index (χ0n) is 16.1.